The first-order valence-corrected chi connectivity index (χ1v) is 10.6. The summed E-state index contributed by atoms with van der Waals surface area (Å²) in [6.45, 7) is 2.83. The molecule has 0 saturated carbocycles. The van der Waals surface area contributed by atoms with Crippen molar-refractivity contribution in [3.63, 3.8) is 0 Å². The fourth-order valence-corrected chi connectivity index (χ4v) is 4.19. The lowest BCUT2D eigenvalue weighted by atomic mass is 10.1. The molecule has 0 aliphatic heterocycles. The Morgan fingerprint density at radius 3 is 2.69 bits per heavy atom. The summed E-state index contributed by atoms with van der Waals surface area (Å²) in [5.74, 6) is 1.14. The maximum Gasteiger partial charge on any atom is 0.234 e. The second-order valence-electron chi connectivity index (χ2n) is 6.79. The molecule has 1 N–H and O–H groups in total. The van der Waals surface area contributed by atoms with Gasteiger partial charge in [-0.25, -0.2) is 0 Å². The van der Waals surface area contributed by atoms with Crippen molar-refractivity contribution in [1.29, 1.82) is 0 Å². The van der Waals surface area contributed by atoms with Crippen molar-refractivity contribution in [2.24, 2.45) is 7.05 Å². The van der Waals surface area contributed by atoms with Gasteiger partial charge in [0.15, 0.2) is 5.16 Å². The van der Waals surface area contributed by atoms with Crippen LogP contribution in [0.5, 0.6) is 0 Å². The molecule has 148 valence electrons. The fourth-order valence-electron chi connectivity index (χ4n) is 3.37. The average molecular weight is 406 g/mol. The lowest BCUT2D eigenvalue weighted by Gasteiger charge is -2.10. The van der Waals surface area contributed by atoms with Gasteiger partial charge in [-0.05, 0) is 30.5 Å². The number of aromatic nitrogens is 4. The molecule has 4 rings (SSSR count). The van der Waals surface area contributed by atoms with Gasteiger partial charge in [-0.3, -0.25) is 4.79 Å². The van der Waals surface area contributed by atoms with Gasteiger partial charge in [0.25, 0.3) is 0 Å². The molecule has 2 heterocycles. The van der Waals surface area contributed by atoms with E-state index in [-0.39, 0.29) is 11.7 Å². The molecule has 6 nitrogen and oxygen atoms in total. The van der Waals surface area contributed by atoms with E-state index < -0.39 is 0 Å². The van der Waals surface area contributed by atoms with Gasteiger partial charge in [0.05, 0.1) is 5.75 Å². The molecule has 4 aromatic rings. The standard InChI is InChI=1S/C22H23N5OS/c1-3-27-20(14-17-10-7-13-26(17)2)24-25-22(27)29-15-21(28)23-19-12-6-9-16-8-4-5-11-18(16)19/h4-13H,3,14-15H2,1-2H3,(H,23,28). The average Bonchev–Trinajstić information content (AvgIpc) is 3.32. The Hall–Kier alpha value is -3.06. The van der Waals surface area contributed by atoms with Gasteiger partial charge in [0.2, 0.25) is 5.91 Å². The van der Waals surface area contributed by atoms with Gasteiger partial charge in [-0.15, -0.1) is 10.2 Å². The van der Waals surface area contributed by atoms with Gasteiger partial charge in [0.1, 0.15) is 5.82 Å². The normalized spacial score (nSPS) is 11.1. The van der Waals surface area contributed by atoms with Crippen LogP contribution in [-0.4, -0.2) is 31.0 Å². The van der Waals surface area contributed by atoms with E-state index in [0.717, 1.165) is 34.0 Å². The minimum absolute atomic E-state index is 0.0546. The zero-order valence-electron chi connectivity index (χ0n) is 16.5. The van der Waals surface area contributed by atoms with Crippen LogP contribution in [0.4, 0.5) is 5.69 Å². The Labute approximate surface area is 173 Å². The van der Waals surface area contributed by atoms with E-state index >= 15 is 0 Å². The molecule has 2 aromatic carbocycles. The lowest BCUT2D eigenvalue weighted by Crippen LogP contribution is -2.15. The second kappa shape index (κ2) is 8.53. The molecule has 0 unspecified atom stereocenters. The van der Waals surface area contributed by atoms with Crippen LogP contribution >= 0.6 is 11.8 Å². The molecule has 0 saturated heterocycles. The Bertz CT molecular complexity index is 1140. The number of anilines is 1. The highest BCUT2D eigenvalue weighted by atomic mass is 32.2. The number of hydrogen-bond acceptors (Lipinski definition) is 4. The first-order chi connectivity index (χ1) is 14.2. The molecule has 0 aliphatic rings. The number of hydrogen-bond donors (Lipinski definition) is 1. The molecule has 0 fully saturated rings. The van der Waals surface area contributed by atoms with Gasteiger partial charge in [0, 0.05) is 43.0 Å². The van der Waals surface area contributed by atoms with Gasteiger partial charge < -0.3 is 14.5 Å². The van der Waals surface area contributed by atoms with Crippen molar-refractivity contribution in [2.45, 2.75) is 25.0 Å². The highest BCUT2D eigenvalue weighted by molar-refractivity contribution is 7.99. The summed E-state index contributed by atoms with van der Waals surface area (Å²) in [6.07, 6.45) is 2.74. The van der Waals surface area contributed by atoms with E-state index in [9.17, 15) is 4.79 Å². The Morgan fingerprint density at radius 2 is 1.90 bits per heavy atom. The van der Waals surface area contributed by atoms with Crippen molar-refractivity contribution < 1.29 is 4.79 Å². The SMILES string of the molecule is CCn1c(Cc2cccn2C)nnc1SCC(=O)Nc1cccc2ccccc12. The molecule has 7 heteroatoms. The van der Waals surface area contributed by atoms with Crippen LogP contribution in [0.25, 0.3) is 10.8 Å². The van der Waals surface area contributed by atoms with E-state index in [4.69, 9.17) is 0 Å². The molecular formula is C22H23N5OS. The largest absolute Gasteiger partial charge is 0.354 e. The van der Waals surface area contributed by atoms with Crippen LogP contribution in [0.1, 0.15) is 18.4 Å². The molecule has 2 aromatic heterocycles. The smallest absolute Gasteiger partial charge is 0.234 e. The van der Waals surface area contributed by atoms with Crippen molar-refractivity contribution in [3.05, 3.63) is 72.3 Å². The number of amides is 1. The minimum Gasteiger partial charge on any atom is -0.354 e. The van der Waals surface area contributed by atoms with E-state index in [2.05, 4.69) is 37.6 Å². The number of aryl methyl sites for hydroxylation is 1. The summed E-state index contributed by atoms with van der Waals surface area (Å²) in [5.41, 5.74) is 2.01. The second-order valence-corrected chi connectivity index (χ2v) is 7.74. The summed E-state index contributed by atoms with van der Waals surface area (Å²) in [5, 5.41) is 14.6. The monoisotopic (exact) mass is 405 g/mol. The topological polar surface area (TPSA) is 64.7 Å². The Kier molecular flexibility index (Phi) is 5.67. The number of carbonyl (C=O) groups excluding carboxylic acids is 1. The van der Waals surface area contributed by atoms with Crippen LogP contribution in [0.2, 0.25) is 0 Å². The third kappa shape index (κ3) is 4.19. The van der Waals surface area contributed by atoms with E-state index in [1.54, 1.807) is 0 Å². The van der Waals surface area contributed by atoms with Crippen LogP contribution in [0.15, 0.2) is 66.0 Å². The number of fused-ring (bicyclic) bond motifs is 1. The third-order valence-corrected chi connectivity index (χ3v) is 5.86. The number of carbonyl (C=O) groups is 1. The number of nitrogens with one attached hydrogen (secondary N) is 1. The van der Waals surface area contributed by atoms with Crippen molar-refractivity contribution >= 4 is 34.1 Å². The predicted molar refractivity (Wildman–Crippen MR) is 117 cm³/mol. The summed E-state index contributed by atoms with van der Waals surface area (Å²) >= 11 is 1.41. The van der Waals surface area contributed by atoms with E-state index in [0.29, 0.717) is 6.42 Å². The lowest BCUT2D eigenvalue weighted by molar-refractivity contribution is -0.113. The van der Waals surface area contributed by atoms with E-state index in [1.165, 1.54) is 17.5 Å². The van der Waals surface area contributed by atoms with Crippen molar-refractivity contribution in [3.8, 4) is 0 Å². The number of nitrogens with zero attached hydrogens (tertiary/aromatic N) is 4. The quantitative estimate of drug-likeness (QED) is 0.470. The summed E-state index contributed by atoms with van der Waals surface area (Å²) < 4.78 is 4.15. The fraction of sp³-hybridized carbons (Fsp3) is 0.227. The number of thioether (sulfide) groups is 1. The van der Waals surface area contributed by atoms with Gasteiger partial charge in [-0.2, -0.15) is 0 Å². The highest BCUT2D eigenvalue weighted by Crippen LogP contribution is 2.24. The first-order valence-electron chi connectivity index (χ1n) is 9.58. The maximum atomic E-state index is 12.5. The van der Waals surface area contributed by atoms with Crippen molar-refractivity contribution in [1.82, 2.24) is 19.3 Å². The zero-order chi connectivity index (χ0) is 20.2. The highest BCUT2D eigenvalue weighted by Gasteiger charge is 2.15. The molecule has 0 aliphatic carbocycles. The molecule has 1 amide bonds. The minimum atomic E-state index is -0.0546. The van der Waals surface area contributed by atoms with Crippen molar-refractivity contribution in [2.75, 3.05) is 11.1 Å². The Morgan fingerprint density at radius 1 is 1.07 bits per heavy atom. The van der Waals surface area contributed by atoms with E-state index in [1.807, 2.05) is 61.8 Å². The molecule has 0 radical (unpaired) electrons. The molecular weight excluding hydrogens is 382 g/mol. The summed E-state index contributed by atoms with van der Waals surface area (Å²) in [6, 6.07) is 18.1. The summed E-state index contributed by atoms with van der Waals surface area (Å²) in [4.78, 5) is 12.5. The maximum absolute atomic E-state index is 12.5. The van der Waals surface area contributed by atoms with Crippen LogP contribution < -0.4 is 5.32 Å². The first kappa shape index (κ1) is 19.3. The number of rotatable bonds is 7. The molecule has 0 spiro atoms. The molecule has 0 atom stereocenters. The van der Waals surface area contributed by atoms with Gasteiger partial charge in [-0.1, -0.05) is 48.2 Å². The summed E-state index contributed by atoms with van der Waals surface area (Å²) in [7, 11) is 2.02. The Balaban J connectivity index is 1.43. The zero-order valence-corrected chi connectivity index (χ0v) is 17.3. The molecule has 0 bridgehead atoms. The van der Waals surface area contributed by atoms with Crippen LogP contribution in [0, 0.1) is 0 Å². The van der Waals surface area contributed by atoms with Crippen LogP contribution in [-0.2, 0) is 24.8 Å². The number of benzene rings is 2. The predicted octanol–water partition coefficient (Wildman–Crippen LogP) is 4.11. The third-order valence-electron chi connectivity index (χ3n) is 4.90. The van der Waals surface area contributed by atoms with Crippen LogP contribution in [0.3, 0.4) is 0 Å². The molecule has 29 heavy (non-hydrogen) atoms. The van der Waals surface area contributed by atoms with Gasteiger partial charge >= 0.3 is 0 Å².